The Balaban J connectivity index is 1.64. The van der Waals surface area contributed by atoms with Crippen LogP contribution in [-0.4, -0.2) is 33.2 Å². The summed E-state index contributed by atoms with van der Waals surface area (Å²) in [5, 5.41) is 2.66. The molecule has 2 aromatic heterocycles. The molecule has 5 nitrogen and oxygen atoms in total. The molecule has 0 aliphatic carbocycles. The lowest BCUT2D eigenvalue weighted by molar-refractivity contribution is -0.119. The zero-order valence-corrected chi connectivity index (χ0v) is 18.3. The lowest BCUT2D eigenvalue weighted by atomic mass is 10.2. The van der Waals surface area contributed by atoms with Crippen LogP contribution in [0.25, 0.3) is 22.3 Å². The van der Waals surface area contributed by atoms with Gasteiger partial charge in [-0.2, -0.15) is 11.8 Å². The van der Waals surface area contributed by atoms with Crippen molar-refractivity contribution in [1.82, 2.24) is 14.5 Å². The highest BCUT2D eigenvalue weighted by Gasteiger charge is 2.21. The van der Waals surface area contributed by atoms with Crippen molar-refractivity contribution in [3.63, 3.8) is 0 Å². The van der Waals surface area contributed by atoms with Gasteiger partial charge in [-0.3, -0.25) is 9.69 Å². The second-order valence-corrected chi connectivity index (χ2v) is 8.41. The highest BCUT2D eigenvalue weighted by atomic mass is 32.2. The predicted octanol–water partition coefficient (Wildman–Crippen LogP) is 5.24. The number of fused-ring (bicyclic) bond motifs is 1. The highest BCUT2D eigenvalue weighted by molar-refractivity contribution is 7.97. The van der Waals surface area contributed by atoms with E-state index in [1.54, 1.807) is 22.7 Å². The van der Waals surface area contributed by atoms with Crippen molar-refractivity contribution in [3.8, 4) is 11.3 Å². The lowest BCUT2D eigenvalue weighted by Gasteiger charge is -2.19. The van der Waals surface area contributed by atoms with Crippen molar-refractivity contribution in [2.24, 2.45) is 0 Å². The van der Waals surface area contributed by atoms with Crippen LogP contribution >= 0.6 is 23.1 Å². The number of thiazole rings is 1. The molecule has 30 heavy (non-hydrogen) atoms. The molecule has 4 rings (SSSR count). The van der Waals surface area contributed by atoms with Crippen molar-refractivity contribution >= 4 is 45.2 Å². The molecule has 152 valence electrons. The Morgan fingerprint density at radius 2 is 1.93 bits per heavy atom. The number of hydrogen-bond donors (Lipinski definition) is 0. The number of rotatable bonds is 8. The Morgan fingerprint density at radius 3 is 2.70 bits per heavy atom. The summed E-state index contributed by atoms with van der Waals surface area (Å²) >= 11 is 3.16. The third-order valence-corrected chi connectivity index (χ3v) is 6.12. The van der Waals surface area contributed by atoms with E-state index in [-0.39, 0.29) is 12.5 Å². The maximum atomic E-state index is 13.3. The normalized spacial score (nSPS) is 11.0. The van der Waals surface area contributed by atoms with E-state index >= 15 is 0 Å². The maximum absolute atomic E-state index is 13.3. The van der Waals surface area contributed by atoms with Crippen LogP contribution in [0, 0.1) is 0 Å². The van der Waals surface area contributed by atoms with Gasteiger partial charge in [-0.25, -0.2) is 9.97 Å². The molecule has 0 fully saturated rings. The van der Waals surface area contributed by atoms with E-state index < -0.39 is 0 Å². The molecular weight excluding hydrogens is 412 g/mol. The molecule has 0 N–H and O–H groups in total. The first-order chi connectivity index (χ1) is 14.7. The van der Waals surface area contributed by atoms with Crippen molar-refractivity contribution in [2.45, 2.75) is 12.3 Å². The van der Waals surface area contributed by atoms with Gasteiger partial charge in [0.1, 0.15) is 12.4 Å². The van der Waals surface area contributed by atoms with Crippen LogP contribution in [0.5, 0.6) is 0 Å². The van der Waals surface area contributed by atoms with E-state index in [9.17, 15) is 4.79 Å². The van der Waals surface area contributed by atoms with Gasteiger partial charge in [0.25, 0.3) is 0 Å². The average Bonchev–Trinajstić information content (AvgIpc) is 3.39. The summed E-state index contributed by atoms with van der Waals surface area (Å²) < 4.78 is 2.01. The molecule has 1 amide bonds. The first kappa shape index (κ1) is 20.4. The van der Waals surface area contributed by atoms with Gasteiger partial charge in [0.2, 0.25) is 5.91 Å². The van der Waals surface area contributed by atoms with Gasteiger partial charge >= 0.3 is 0 Å². The fourth-order valence-electron chi connectivity index (χ4n) is 3.31. The molecule has 2 aromatic carbocycles. The molecule has 0 aliphatic heterocycles. The summed E-state index contributed by atoms with van der Waals surface area (Å²) in [6.45, 7) is 4.45. The van der Waals surface area contributed by atoms with Crippen LogP contribution < -0.4 is 4.90 Å². The van der Waals surface area contributed by atoms with Gasteiger partial charge in [0.05, 0.1) is 22.5 Å². The standard InChI is InChI=1S/C23H22N4OS2/c1-3-13-26(23-25-19(15-30-23)17-9-5-4-6-10-17)22(28)14-27-20-12-8-7-11-18(20)24-21(27)16-29-2/h3-12,15H,1,13-14,16H2,2H3. The summed E-state index contributed by atoms with van der Waals surface area (Å²) in [6.07, 6.45) is 3.77. The smallest absolute Gasteiger partial charge is 0.249 e. The molecule has 0 saturated heterocycles. The van der Waals surface area contributed by atoms with Crippen molar-refractivity contribution in [2.75, 3.05) is 17.7 Å². The summed E-state index contributed by atoms with van der Waals surface area (Å²) in [5.74, 6) is 1.62. The summed E-state index contributed by atoms with van der Waals surface area (Å²) in [7, 11) is 0. The Labute approximate surface area is 184 Å². The van der Waals surface area contributed by atoms with Crippen molar-refractivity contribution < 1.29 is 4.79 Å². The van der Waals surface area contributed by atoms with Crippen LogP contribution in [0.15, 0.2) is 72.6 Å². The van der Waals surface area contributed by atoms with Gasteiger partial charge in [-0.05, 0) is 18.4 Å². The number of carbonyl (C=O) groups excluding carboxylic acids is 1. The summed E-state index contributed by atoms with van der Waals surface area (Å²) in [4.78, 5) is 24.5. The highest BCUT2D eigenvalue weighted by Crippen LogP contribution is 2.28. The monoisotopic (exact) mass is 434 g/mol. The largest absolute Gasteiger partial charge is 0.318 e. The van der Waals surface area contributed by atoms with Gasteiger partial charge < -0.3 is 4.57 Å². The SMILES string of the molecule is C=CCN(C(=O)Cn1c(CSC)nc2ccccc21)c1nc(-c2ccccc2)cs1. The zero-order valence-electron chi connectivity index (χ0n) is 16.7. The molecule has 0 bridgehead atoms. The number of aromatic nitrogens is 3. The average molecular weight is 435 g/mol. The Hall–Kier alpha value is -2.90. The van der Waals surface area contributed by atoms with E-state index in [1.807, 2.05) is 70.8 Å². The van der Waals surface area contributed by atoms with Crippen LogP contribution in [0.3, 0.4) is 0 Å². The van der Waals surface area contributed by atoms with Crippen LogP contribution in [0.2, 0.25) is 0 Å². The number of hydrogen-bond acceptors (Lipinski definition) is 5. The molecule has 2 heterocycles. The third kappa shape index (κ3) is 4.17. The fraction of sp³-hybridized carbons (Fsp3) is 0.174. The minimum Gasteiger partial charge on any atom is -0.318 e. The van der Waals surface area contributed by atoms with E-state index in [1.165, 1.54) is 11.3 Å². The zero-order chi connectivity index (χ0) is 20.9. The number of imidazole rings is 1. The number of amides is 1. The first-order valence-corrected chi connectivity index (χ1v) is 11.8. The lowest BCUT2D eigenvalue weighted by Crippen LogP contribution is -2.34. The Kier molecular flexibility index (Phi) is 6.30. The second kappa shape index (κ2) is 9.28. The number of para-hydroxylation sites is 2. The summed E-state index contributed by atoms with van der Waals surface area (Å²) in [6, 6.07) is 17.9. The first-order valence-electron chi connectivity index (χ1n) is 9.56. The van der Waals surface area contributed by atoms with Crippen LogP contribution in [0.4, 0.5) is 5.13 Å². The minimum absolute atomic E-state index is 0.0330. The quantitative estimate of drug-likeness (QED) is 0.356. The molecule has 4 aromatic rings. The molecule has 7 heteroatoms. The number of nitrogens with zero attached hydrogens (tertiary/aromatic N) is 4. The number of thioether (sulfide) groups is 1. The van der Waals surface area contributed by atoms with Gasteiger partial charge in [-0.1, -0.05) is 48.5 Å². The third-order valence-electron chi connectivity index (χ3n) is 4.71. The van der Waals surface area contributed by atoms with Crippen molar-refractivity contribution in [1.29, 1.82) is 0 Å². The van der Waals surface area contributed by atoms with Gasteiger partial charge in [0, 0.05) is 17.5 Å². The topological polar surface area (TPSA) is 51.0 Å². The second-order valence-electron chi connectivity index (χ2n) is 6.71. The summed E-state index contributed by atoms with van der Waals surface area (Å²) in [5.41, 5.74) is 3.78. The molecule has 0 atom stereocenters. The minimum atomic E-state index is -0.0330. The Bertz CT molecular complexity index is 1170. The molecule has 0 aliphatic rings. The van der Waals surface area contributed by atoms with E-state index in [2.05, 4.69) is 6.58 Å². The van der Waals surface area contributed by atoms with E-state index in [4.69, 9.17) is 9.97 Å². The molecular formula is C23H22N4OS2. The number of carbonyl (C=O) groups is 1. The molecule has 0 saturated carbocycles. The van der Waals surface area contributed by atoms with Crippen molar-refractivity contribution in [3.05, 3.63) is 78.5 Å². The molecule has 0 unspecified atom stereocenters. The molecule has 0 spiro atoms. The van der Waals surface area contributed by atoms with E-state index in [0.29, 0.717) is 11.7 Å². The van der Waals surface area contributed by atoms with Gasteiger partial charge in [0.15, 0.2) is 5.13 Å². The van der Waals surface area contributed by atoms with E-state index in [0.717, 1.165) is 33.9 Å². The maximum Gasteiger partial charge on any atom is 0.249 e. The number of anilines is 1. The van der Waals surface area contributed by atoms with Gasteiger partial charge in [-0.15, -0.1) is 17.9 Å². The van der Waals surface area contributed by atoms with Crippen LogP contribution in [0.1, 0.15) is 5.82 Å². The number of benzene rings is 2. The molecule has 0 radical (unpaired) electrons. The Morgan fingerprint density at radius 1 is 1.17 bits per heavy atom. The fourth-order valence-corrected chi connectivity index (χ4v) is 4.65. The predicted molar refractivity (Wildman–Crippen MR) is 127 cm³/mol. The van der Waals surface area contributed by atoms with Crippen LogP contribution in [-0.2, 0) is 17.1 Å².